The van der Waals surface area contributed by atoms with E-state index in [1.54, 1.807) is 18.3 Å². The molecular weight excluding hydrogens is 320 g/mol. The average Bonchev–Trinajstić information content (AvgIpc) is 3.06. The molecule has 25 heavy (non-hydrogen) atoms. The molecule has 0 N–H and O–H groups in total. The van der Waals surface area contributed by atoms with Gasteiger partial charge in [0.05, 0.1) is 13.0 Å². The van der Waals surface area contributed by atoms with E-state index in [0.717, 1.165) is 24.8 Å². The van der Waals surface area contributed by atoms with Crippen molar-refractivity contribution in [3.05, 3.63) is 48.3 Å². The van der Waals surface area contributed by atoms with Crippen molar-refractivity contribution in [3.63, 3.8) is 0 Å². The van der Waals surface area contributed by atoms with Gasteiger partial charge in [0, 0.05) is 24.2 Å². The predicted molar refractivity (Wildman–Crippen MR) is 90.0 cm³/mol. The first-order valence-corrected chi connectivity index (χ1v) is 8.35. The highest BCUT2D eigenvalue weighted by molar-refractivity contribution is 5.86. The van der Waals surface area contributed by atoms with Crippen LogP contribution in [0.1, 0.15) is 18.5 Å². The van der Waals surface area contributed by atoms with Crippen LogP contribution in [0.3, 0.4) is 0 Å². The van der Waals surface area contributed by atoms with E-state index in [1.165, 1.54) is 0 Å². The molecule has 2 aromatic heterocycles. The zero-order valence-corrected chi connectivity index (χ0v) is 13.7. The molecule has 3 aromatic rings. The number of amides is 1. The fourth-order valence-electron chi connectivity index (χ4n) is 3.10. The predicted octanol–water partition coefficient (Wildman–Crippen LogP) is 2.23. The molecule has 7 heteroatoms. The van der Waals surface area contributed by atoms with Crippen LogP contribution in [0, 0.1) is 0 Å². The molecule has 1 aliphatic rings. The van der Waals surface area contributed by atoms with Crippen molar-refractivity contribution < 1.29 is 14.1 Å². The van der Waals surface area contributed by atoms with Gasteiger partial charge in [-0.05, 0) is 31.0 Å². The minimum atomic E-state index is -0.0662. The third-order valence-corrected chi connectivity index (χ3v) is 4.34. The summed E-state index contributed by atoms with van der Waals surface area (Å²) in [5.41, 5.74) is 1.38. The standard InChI is InChI=1S/C18H18N4O3/c23-18(11-15-14-6-1-2-7-16(14)25-21-15)22-10-4-5-13(12-22)24-17-8-3-9-19-20-17/h1-3,6-9,13H,4-5,10-12H2/t13-/m1/s1. The molecule has 128 valence electrons. The number of hydrogen-bond acceptors (Lipinski definition) is 6. The summed E-state index contributed by atoms with van der Waals surface area (Å²) in [6.07, 6.45) is 3.56. The molecule has 0 radical (unpaired) electrons. The normalized spacial score (nSPS) is 17.6. The van der Waals surface area contributed by atoms with Gasteiger partial charge in [-0.25, -0.2) is 0 Å². The number of carbonyl (C=O) groups is 1. The summed E-state index contributed by atoms with van der Waals surface area (Å²) in [5, 5.41) is 12.7. The molecule has 1 aromatic carbocycles. The van der Waals surface area contributed by atoms with Crippen LogP contribution in [0.4, 0.5) is 0 Å². The van der Waals surface area contributed by atoms with Gasteiger partial charge < -0.3 is 14.2 Å². The molecule has 3 heterocycles. The first-order chi connectivity index (χ1) is 12.3. The second-order valence-corrected chi connectivity index (χ2v) is 6.09. The lowest BCUT2D eigenvalue weighted by Gasteiger charge is -2.32. The minimum absolute atomic E-state index is 0.0338. The third kappa shape index (κ3) is 3.45. The number of likely N-dealkylation sites (tertiary alicyclic amines) is 1. The summed E-state index contributed by atoms with van der Waals surface area (Å²) >= 11 is 0. The third-order valence-electron chi connectivity index (χ3n) is 4.34. The summed E-state index contributed by atoms with van der Waals surface area (Å²) < 4.78 is 11.1. The second kappa shape index (κ2) is 6.88. The van der Waals surface area contributed by atoms with E-state index in [0.29, 0.717) is 23.7 Å². The van der Waals surface area contributed by atoms with Crippen LogP contribution in [0.25, 0.3) is 11.0 Å². The van der Waals surface area contributed by atoms with Gasteiger partial charge in [0.2, 0.25) is 11.8 Å². The van der Waals surface area contributed by atoms with Crippen LogP contribution in [0.5, 0.6) is 5.88 Å². The molecule has 0 spiro atoms. The summed E-state index contributed by atoms with van der Waals surface area (Å²) in [5.74, 6) is 0.524. The van der Waals surface area contributed by atoms with Gasteiger partial charge in [0.1, 0.15) is 11.8 Å². The molecule has 0 aliphatic carbocycles. The Bertz CT molecular complexity index is 865. The first-order valence-electron chi connectivity index (χ1n) is 8.35. The second-order valence-electron chi connectivity index (χ2n) is 6.09. The van der Waals surface area contributed by atoms with Crippen molar-refractivity contribution in [1.82, 2.24) is 20.3 Å². The molecule has 1 saturated heterocycles. The Balaban J connectivity index is 1.41. The highest BCUT2D eigenvalue weighted by Crippen LogP contribution is 2.20. The van der Waals surface area contributed by atoms with Crippen molar-refractivity contribution in [3.8, 4) is 5.88 Å². The first kappa shape index (κ1) is 15.6. The van der Waals surface area contributed by atoms with E-state index < -0.39 is 0 Å². The number of ether oxygens (including phenoxy) is 1. The minimum Gasteiger partial charge on any atom is -0.471 e. The van der Waals surface area contributed by atoms with E-state index >= 15 is 0 Å². The summed E-state index contributed by atoms with van der Waals surface area (Å²) in [6.45, 7) is 1.28. The Kier molecular flexibility index (Phi) is 4.28. The van der Waals surface area contributed by atoms with Gasteiger partial charge >= 0.3 is 0 Å². The van der Waals surface area contributed by atoms with Crippen LogP contribution in [-0.2, 0) is 11.2 Å². The molecule has 1 amide bonds. The van der Waals surface area contributed by atoms with E-state index in [1.807, 2.05) is 29.2 Å². The highest BCUT2D eigenvalue weighted by Gasteiger charge is 2.26. The van der Waals surface area contributed by atoms with Gasteiger partial charge in [-0.1, -0.05) is 17.3 Å². The van der Waals surface area contributed by atoms with E-state index in [-0.39, 0.29) is 18.4 Å². The van der Waals surface area contributed by atoms with Crippen molar-refractivity contribution in [2.24, 2.45) is 0 Å². The Hall–Kier alpha value is -2.96. The summed E-state index contributed by atoms with van der Waals surface area (Å²) in [6, 6.07) is 11.1. The van der Waals surface area contributed by atoms with E-state index in [2.05, 4.69) is 15.4 Å². The highest BCUT2D eigenvalue weighted by atomic mass is 16.5. The number of para-hydroxylation sites is 1. The number of benzene rings is 1. The lowest BCUT2D eigenvalue weighted by Crippen LogP contribution is -2.45. The van der Waals surface area contributed by atoms with Crippen LogP contribution in [0.2, 0.25) is 0 Å². The number of nitrogens with zero attached hydrogens (tertiary/aromatic N) is 4. The van der Waals surface area contributed by atoms with Gasteiger partial charge in [0.25, 0.3) is 0 Å². The average molecular weight is 338 g/mol. The summed E-state index contributed by atoms with van der Waals surface area (Å²) in [7, 11) is 0. The van der Waals surface area contributed by atoms with Crippen LogP contribution < -0.4 is 4.74 Å². The molecule has 0 saturated carbocycles. The fourth-order valence-corrected chi connectivity index (χ4v) is 3.10. The number of fused-ring (bicyclic) bond motifs is 1. The Morgan fingerprint density at radius 2 is 2.20 bits per heavy atom. The Labute approximate surface area is 144 Å². The molecule has 4 rings (SSSR count). The number of rotatable bonds is 4. The number of aromatic nitrogens is 3. The van der Waals surface area contributed by atoms with Crippen molar-refractivity contribution >= 4 is 16.9 Å². The van der Waals surface area contributed by atoms with E-state index in [9.17, 15) is 4.79 Å². The molecule has 0 bridgehead atoms. The number of piperidine rings is 1. The maximum atomic E-state index is 12.7. The molecule has 1 atom stereocenters. The molecule has 7 nitrogen and oxygen atoms in total. The maximum absolute atomic E-state index is 12.7. The molecular formula is C18H18N4O3. The fraction of sp³-hybridized carbons (Fsp3) is 0.333. The lowest BCUT2D eigenvalue weighted by molar-refractivity contribution is -0.133. The maximum Gasteiger partial charge on any atom is 0.233 e. The van der Waals surface area contributed by atoms with Crippen LogP contribution in [0.15, 0.2) is 47.1 Å². The zero-order valence-electron chi connectivity index (χ0n) is 13.7. The van der Waals surface area contributed by atoms with Crippen molar-refractivity contribution in [2.75, 3.05) is 13.1 Å². The zero-order chi connectivity index (χ0) is 17.1. The Morgan fingerprint density at radius 3 is 3.08 bits per heavy atom. The van der Waals surface area contributed by atoms with Gasteiger partial charge in [-0.2, -0.15) is 5.10 Å². The molecule has 0 unspecified atom stereocenters. The number of hydrogen-bond donors (Lipinski definition) is 0. The number of carbonyl (C=O) groups excluding carboxylic acids is 1. The lowest BCUT2D eigenvalue weighted by atomic mass is 10.1. The summed E-state index contributed by atoms with van der Waals surface area (Å²) in [4.78, 5) is 14.5. The smallest absolute Gasteiger partial charge is 0.233 e. The quantitative estimate of drug-likeness (QED) is 0.725. The van der Waals surface area contributed by atoms with Crippen LogP contribution >= 0.6 is 0 Å². The van der Waals surface area contributed by atoms with Gasteiger partial charge in [-0.15, -0.1) is 5.10 Å². The molecule has 1 fully saturated rings. The molecule has 1 aliphatic heterocycles. The van der Waals surface area contributed by atoms with Gasteiger partial charge in [0.15, 0.2) is 5.58 Å². The topological polar surface area (TPSA) is 81.4 Å². The SMILES string of the molecule is O=C(Cc1noc2ccccc12)N1CCC[C@@H](Oc2cccnn2)C1. The monoisotopic (exact) mass is 338 g/mol. The van der Waals surface area contributed by atoms with E-state index in [4.69, 9.17) is 9.26 Å². The largest absolute Gasteiger partial charge is 0.471 e. The van der Waals surface area contributed by atoms with Gasteiger partial charge in [-0.3, -0.25) is 4.79 Å². The van der Waals surface area contributed by atoms with Crippen molar-refractivity contribution in [1.29, 1.82) is 0 Å². The van der Waals surface area contributed by atoms with Crippen LogP contribution in [-0.4, -0.2) is 45.4 Å². The van der Waals surface area contributed by atoms with Crippen molar-refractivity contribution in [2.45, 2.75) is 25.4 Å². The Morgan fingerprint density at radius 1 is 1.28 bits per heavy atom.